The van der Waals surface area contributed by atoms with E-state index in [2.05, 4.69) is 221 Å². The van der Waals surface area contributed by atoms with E-state index in [1.54, 1.807) is 12.4 Å². The minimum Gasteiger partial charge on any atom is -0.512 e. The third-order valence-electron chi connectivity index (χ3n) is 19.5. The molecule has 0 aliphatic rings. The molecule has 0 spiro atoms. The van der Waals surface area contributed by atoms with Crippen LogP contribution in [0.1, 0.15) is 58.6 Å². The van der Waals surface area contributed by atoms with E-state index in [-0.39, 0.29) is 115 Å². The van der Waals surface area contributed by atoms with Crippen molar-refractivity contribution in [1.82, 2.24) is 49.8 Å². The molecule has 0 amide bonds. The maximum absolute atomic E-state index is 10.0. The van der Waals surface area contributed by atoms with E-state index in [1.807, 2.05) is 124 Å². The van der Waals surface area contributed by atoms with Gasteiger partial charge in [-0.2, -0.15) is 0 Å². The summed E-state index contributed by atoms with van der Waals surface area (Å²) in [6.07, 6.45) is 27.3. The van der Waals surface area contributed by atoms with Crippen LogP contribution in [0.3, 0.4) is 0 Å². The molecular formula is C97H98Ir4N10O10Si4-4. The minimum absolute atomic E-state index is 0. The summed E-state index contributed by atoms with van der Waals surface area (Å²) in [5.74, 6) is -0.187. The Morgan fingerprint density at radius 1 is 0.336 bits per heavy atom. The maximum atomic E-state index is 10.0. The fourth-order valence-corrected chi connectivity index (χ4v) is 18.4. The van der Waals surface area contributed by atoms with Crippen LogP contribution in [0.5, 0.6) is 0 Å². The number of allylic oxidation sites excluding steroid dienone is 6. The summed E-state index contributed by atoms with van der Waals surface area (Å²) in [7, 11) is -5.82. The van der Waals surface area contributed by atoms with E-state index in [4.69, 9.17) is 38.0 Å². The number of aliphatic hydroxyl groups excluding tert-OH is 3. The largest absolute Gasteiger partial charge is 0.512 e. The van der Waals surface area contributed by atoms with E-state index in [0.717, 1.165) is 133 Å². The molecule has 3 N–H and O–H groups in total. The van der Waals surface area contributed by atoms with Crippen molar-refractivity contribution in [3.05, 3.63) is 272 Å². The SMILES string of the molecule is CC(=O)C=C(C)O.CC(=O)C=C(C)O.CC(=O)C=C(C)O.C[Si](C)(C)c1ccc(-c2[c-]nc3oc4ccccc4c3c2)nc1.C[Si](C)(C)c1ccc(-c2[c-]ncc3c2oc2ccccc23)nc1.Cc1cc2c(oc3n[c-]c(-c4ccc([Si](C)(C)C)cn4)cc32)c(C)n1.Cc1ccc2c(n1)oc1c(-c3ccc([Si](C)(C)c4ccccc4)cn3)[c-]ncc12.[Ir].[Ir].[Ir].[Ir]. The van der Waals surface area contributed by atoms with Gasteiger partial charge >= 0.3 is 0 Å². The third kappa shape index (κ3) is 26.1. The van der Waals surface area contributed by atoms with Crippen molar-refractivity contribution in [3.8, 4) is 45.0 Å². The molecule has 14 aromatic heterocycles. The van der Waals surface area contributed by atoms with Crippen molar-refractivity contribution in [1.29, 1.82) is 0 Å². The predicted octanol–water partition coefficient (Wildman–Crippen LogP) is 20.6. The van der Waals surface area contributed by atoms with Crippen LogP contribution in [-0.2, 0) is 94.8 Å². The first-order valence-corrected chi connectivity index (χ1v) is 52.9. The van der Waals surface area contributed by atoms with Gasteiger partial charge in [0.1, 0.15) is 36.2 Å². The van der Waals surface area contributed by atoms with E-state index < -0.39 is 32.3 Å². The molecule has 20 nitrogen and oxygen atoms in total. The molecular weight excluding hydrogens is 2350 g/mol. The molecule has 0 saturated heterocycles. The van der Waals surface area contributed by atoms with Crippen LogP contribution < -0.4 is 25.9 Å². The standard InChI is InChI=1S/C24H20N3OSi.C20H20N3OSi.2C19H17N2OSi.3C5H8O2.4Ir/c1-16-9-11-19-20-14-25-15-21(23(20)28-24(19)27-16)22-12-10-18(13-26-22)29(2,3)17-7-5-4-6-8-17;1-12-8-16-17-9-14(10-22-20(17)24-19(16)13(2)23-12)18-7-6-15(11-21-18)25(3,4)5;1-23(2,3)14-8-9-17(20-12-14)13-10-16-15-6-4-5-7-18(15)22-19(16)21-11-13;1-23(2,3)13-8-9-17(21-10-13)16-12-20-11-15-14-6-4-5-7-18(14)22-19(15)16;3*1-4(6)3-5(2)7;;;;/h4-14H,1-3H3;6-9,11H,1-5H3;4-10,12H,1-3H3;4-11H,1-3H3;3*3,6H,1-2H3;;;;/q4*-1;;;;;;;. The molecule has 3 aromatic carbocycles. The average Bonchev–Trinajstić information content (AvgIpc) is 1.65. The molecule has 17 rings (SSSR count). The molecule has 0 unspecified atom stereocenters. The van der Waals surface area contributed by atoms with Crippen molar-refractivity contribution >= 4 is 164 Å². The number of pyridine rings is 10. The molecule has 125 heavy (non-hydrogen) atoms. The van der Waals surface area contributed by atoms with Gasteiger partial charge in [0.2, 0.25) is 5.71 Å². The Morgan fingerprint density at radius 3 is 1.14 bits per heavy atom. The van der Waals surface area contributed by atoms with Gasteiger partial charge in [-0.25, -0.2) is 4.98 Å². The van der Waals surface area contributed by atoms with Crippen LogP contribution in [0.15, 0.2) is 248 Å². The van der Waals surface area contributed by atoms with Gasteiger partial charge in [-0.3, -0.25) is 19.4 Å². The predicted molar refractivity (Wildman–Crippen MR) is 497 cm³/mol. The number of carbonyl (C=O) groups is 3. The first-order chi connectivity index (χ1) is 57.3. The molecule has 0 bridgehead atoms. The summed E-state index contributed by atoms with van der Waals surface area (Å²) in [6, 6.07) is 53.8. The number of benzene rings is 3. The molecule has 0 aliphatic carbocycles. The summed E-state index contributed by atoms with van der Waals surface area (Å²) in [6.45, 7) is 40.0. The number of furan rings is 4. The number of rotatable bonds is 12. The quantitative estimate of drug-likeness (QED) is 0.0443. The zero-order valence-corrected chi connectivity index (χ0v) is 86.8. The Bertz CT molecular complexity index is 6630. The smallest absolute Gasteiger partial charge is 0.216 e. The summed E-state index contributed by atoms with van der Waals surface area (Å²) in [4.78, 5) is 75.0. The van der Waals surface area contributed by atoms with Crippen LogP contribution in [0, 0.1) is 45.6 Å². The van der Waals surface area contributed by atoms with E-state index >= 15 is 0 Å². The number of hydrogen-bond donors (Lipinski definition) is 3. The van der Waals surface area contributed by atoms with Gasteiger partial charge < -0.3 is 72.9 Å². The maximum Gasteiger partial charge on any atom is 0.216 e. The summed E-state index contributed by atoms with van der Waals surface area (Å²) in [5, 5.41) is 39.9. The summed E-state index contributed by atoms with van der Waals surface area (Å²) < 4.78 is 23.7. The Labute approximate surface area is 786 Å². The van der Waals surface area contributed by atoms with Crippen molar-refractivity contribution in [2.75, 3.05) is 0 Å². The second-order valence-electron chi connectivity index (χ2n) is 33.1. The van der Waals surface area contributed by atoms with Gasteiger partial charge in [-0.05, 0) is 195 Å². The van der Waals surface area contributed by atoms with E-state index in [9.17, 15) is 14.4 Å². The van der Waals surface area contributed by atoms with Crippen molar-refractivity contribution in [3.63, 3.8) is 0 Å². The first-order valence-electron chi connectivity index (χ1n) is 39.4. The topological polar surface area (TPSA) is 293 Å². The van der Waals surface area contributed by atoms with Crippen molar-refractivity contribution < 1.29 is 128 Å². The number of aliphatic hydroxyl groups is 3. The van der Waals surface area contributed by atoms with Crippen molar-refractivity contribution in [2.45, 2.75) is 134 Å². The molecule has 652 valence electrons. The number of hydrogen-bond acceptors (Lipinski definition) is 20. The number of aromatic nitrogens is 10. The van der Waals surface area contributed by atoms with Gasteiger partial charge in [0, 0.05) is 156 Å². The second-order valence-corrected chi connectivity index (χ2v) is 52.7. The van der Waals surface area contributed by atoms with Crippen LogP contribution in [-0.4, -0.2) is 115 Å². The molecule has 14 heterocycles. The molecule has 0 saturated carbocycles. The van der Waals surface area contributed by atoms with Gasteiger partial charge in [-0.15, -0.1) is 23.3 Å². The van der Waals surface area contributed by atoms with E-state index in [1.165, 1.54) is 85.7 Å². The molecule has 0 atom stereocenters. The number of nitrogens with zero attached hydrogens (tertiary/aromatic N) is 10. The van der Waals surface area contributed by atoms with Crippen LogP contribution >= 0.6 is 0 Å². The monoisotopic (exact) mass is 2450 g/mol. The molecule has 17 aromatic rings. The zero-order chi connectivity index (χ0) is 87.4. The summed E-state index contributed by atoms with van der Waals surface area (Å²) >= 11 is 0. The first kappa shape index (κ1) is 102. The van der Waals surface area contributed by atoms with E-state index in [0.29, 0.717) is 17.1 Å². The van der Waals surface area contributed by atoms with Gasteiger partial charge in [-0.1, -0.05) is 204 Å². The molecule has 0 fully saturated rings. The third-order valence-corrected chi connectivity index (χ3v) is 29.1. The van der Waals surface area contributed by atoms with Gasteiger partial charge in [0.25, 0.3) is 0 Å². The van der Waals surface area contributed by atoms with Crippen LogP contribution in [0.25, 0.3) is 133 Å². The Morgan fingerprint density at radius 2 is 0.720 bits per heavy atom. The Hall–Kier alpha value is -10.5. The number of fused-ring (bicyclic) bond motifs is 12. The van der Waals surface area contributed by atoms with Gasteiger partial charge in [0.05, 0.1) is 58.4 Å². The fraction of sp³-hybridized carbons (Fsp3) is 0.206. The van der Waals surface area contributed by atoms with Gasteiger partial charge in [0.15, 0.2) is 17.3 Å². The van der Waals surface area contributed by atoms with Crippen LogP contribution in [0.2, 0.25) is 72.0 Å². The summed E-state index contributed by atoms with van der Waals surface area (Å²) in [5.41, 5.74) is 15.4. The van der Waals surface area contributed by atoms with Crippen LogP contribution in [0.4, 0.5) is 0 Å². The van der Waals surface area contributed by atoms with Crippen molar-refractivity contribution in [2.24, 2.45) is 0 Å². The number of para-hydroxylation sites is 2. The number of ketones is 3. The normalized spacial score (nSPS) is 11.6. The number of carbonyl (C=O) groups excluding carboxylic acids is 3. The zero-order valence-electron chi connectivity index (χ0n) is 73.2. The minimum atomic E-state index is -1.79. The molecule has 28 heteroatoms. The second kappa shape index (κ2) is 44.1. The fourth-order valence-electron chi connectivity index (χ4n) is 13.1. The number of aryl methyl sites for hydroxylation is 3. The Balaban J connectivity index is 0.000000211. The Kier molecular flexibility index (Phi) is 35.8. The molecule has 0 aliphatic heterocycles. The molecule has 4 radical (unpaired) electrons. The average molecular weight is 2450 g/mol.